The van der Waals surface area contributed by atoms with E-state index in [0.717, 1.165) is 25.7 Å². The van der Waals surface area contributed by atoms with Gasteiger partial charge in [-0.15, -0.1) is 10.2 Å². The molecule has 0 saturated heterocycles. The highest BCUT2D eigenvalue weighted by molar-refractivity contribution is 8.01. The van der Waals surface area contributed by atoms with Crippen LogP contribution in [0.4, 0.5) is 5.13 Å². The SMILES string of the molecule is COc1cc(OC)c(C2C(C#N)=C(N)N(c3nnc(SCC(=O)NC4CCCCC4)s3)C3=C2C(=O)CCC3)cc1OC. The fraction of sp³-hybridized carbons (Fsp3) is 0.483. The molecule has 1 aromatic carbocycles. The fourth-order valence-corrected chi connectivity index (χ4v) is 7.58. The number of rotatable bonds is 9. The maximum Gasteiger partial charge on any atom is 0.230 e. The fourth-order valence-electron chi connectivity index (χ4n) is 5.89. The Balaban J connectivity index is 1.48. The number of methoxy groups -OCH3 is 3. The predicted octanol–water partition coefficient (Wildman–Crippen LogP) is 4.41. The van der Waals surface area contributed by atoms with Crippen LogP contribution >= 0.6 is 23.1 Å². The molecule has 5 rings (SSSR count). The number of allylic oxidation sites excluding steroid dienone is 3. The summed E-state index contributed by atoms with van der Waals surface area (Å²) in [5, 5.41) is 22.6. The highest BCUT2D eigenvalue weighted by Crippen LogP contribution is 2.50. The Morgan fingerprint density at radius 1 is 1.10 bits per heavy atom. The van der Waals surface area contributed by atoms with Crippen molar-refractivity contribution in [3.63, 3.8) is 0 Å². The van der Waals surface area contributed by atoms with Gasteiger partial charge in [0, 0.05) is 35.4 Å². The molecule has 0 radical (unpaired) electrons. The number of aromatic nitrogens is 2. The van der Waals surface area contributed by atoms with Gasteiger partial charge in [-0.2, -0.15) is 5.26 Å². The first kappa shape index (κ1) is 29.7. The van der Waals surface area contributed by atoms with Crippen molar-refractivity contribution in [2.45, 2.75) is 67.7 Å². The summed E-state index contributed by atoms with van der Waals surface area (Å²) in [5.74, 6) is 0.900. The average Bonchev–Trinajstić information content (AvgIpc) is 3.47. The van der Waals surface area contributed by atoms with Crippen LogP contribution in [-0.4, -0.2) is 55.0 Å². The molecule has 3 aliphatic rings. The number of hydrogen-bond acceptors (Lipinski definition) is 12. The van der Waals surface area contributed by atoms with E-state index in [0.29, 0.717) is 62.8 Å². The number of amides is 1. The summed E-state index contributed by atoms with van der Waals surface area (Å²) in [6, 6.07) is 5.91. The Hall–Kier alpha value is -3.76. The topological polar surface area (TPSA) is 153 Å². The van der Waals surface area contributed by atoms with E-state index in [1.54, 1.807) is 17.0 Å². The first-order valence-corrected chi connectivity index (χ1v) is 15.7. The number of ether oxygens (including phenoxy) is 3. The zero-order valence-electron chi connectivity index (χ0n) is 23.9. The van der Waals surface area contributed by atoms with Crippen molar-refractivity contribution in [3.05, 3.63) is 40.4 Å². The van der Waals surface area contributed by atoms with Crippen LogP contribution in [0.25, 0.3) is 0 Å². The van der Waals surface area contributed by atoms with E-state index >= 15 is 0 Å². The lowest BCUT2D eigenvalue weighted by atomic mass is 9.75. The second-order valence-corrected chi connectivity index (χ2v) is 12.5. The van der Waals surface area contributed by atoms with Crippen molar-refractivity contribution < 1.29 is 23.8 Å². The van der Waals surface area contributed by atoms with Crippen LogP contribution in [0.5, 0.6) is 17.2 Å². The van der Waals surface area contributed by atoms with Gasteiger partial charge in [0.05, 0.1) is 44.6 Å². The standard InChI is InChI=1S/C29H34N6O5S2/c1-38-21-13-23(40-3)22(39-2)12-17(21)25-18(14-30)27(31)35(19-10-7-11-20(36)26(19)25)28-33-34-29(42-28)41-15-24(37)32-16-8-5-4-6-9-16/h12-13,16,25H,4-11,15,31H2,1-3H3,(H,32,37). The number of anilines is 1. The van der Waals surface area contributed by atoms with Gasteiger partial charge in [0.2, 0.25) is 11.0 Å². The number of nitrogens with zero attached hydrogens (tertiary/aromatic N) is 4. The second-order valence-electron chi connectivity index (χ2n) is 10.3. The molecule has 3 N–H and O–H groups in total. The van der Waals surface area contributed by atoms with Gasteiger partial charge in [-0.05, 0) is 31.7 Å². The first-order chi connectivity index (χ1) is 20.4. The lowest BCUT2D eigenvalue weighted by Gasteiger charge is -2.38. The number of nitrogens with one attached hydrogen (secondary N) is 1. The number of thioether (sulfide) groups is 1. The van der Waals surface area contributed by atoms with Crippen LogP contribution in [0.3, 0.4) is 0 Å². The highest BCUT2D eigenvalue weighted by atomic mass is 32.2. The summed E-state index contributed by atoms with van der Waals surface area (Å²) >= 11 is 2.58. The van der Waals surface area contributed by atoms with Crippen molar-refractivity contribution in [1.29, 1.82) is 5.26 Å². The molecule has 222 valence electrons. The predicted molar refractivity (Wildman–Crippen MR) is 160 cm³/mol. The molecule has 11 nitrogen and oxygen atoms in total. The van der Waals surface area contributed by atoms with Crippen LogP contribution in [0.1, 0.15) is 62.8 Å². The third kappa shape index (κ3) is 5.78. The zero-order chi connectivity index (χ0) is 29.8. The van der Waals surface area contributed by atoms with Crippen LogP contribution in [-0.2, 0) is 9.59 Å². The quantitative estimate of drug-likeness (QED) is 0.388. The molecule has 1 atom stereocenters. The normalized spacial score (nSPS) is 19.3. The summed E-state index contributed by atoms with van der Waals surface area (Å²) in [5.41, 5.74) is 8.65. The van der Waals surface area contributed by atoms with Crippen molar-refractivity contribution in [3.8, 4) is 23.3 Å². The Morgan fingerprint density at radius 3 is 2.50 bits per heavy atom. The summed E-state index contributed by atoms with van der Waals surface area (Å²) < 4.78 is 17.3. The summed E-state index contributed by atoms with van der Waals surface area (Å²) in [6.45, 7) is 0. The molecule has 13 heteroatoms. The second kappa shape index (κ2) is 13.0. The average molecular weight is 611 g/mol. The maximum atomic E-state index is 13.5. The van der Waals surface area contributed by atoms with Gasteiger partial charge in [0.25, 0.3) is 0 Å². The smallest absolute Gasteiger partial charge is 0.230 e. The van der Waals surface area contributed by atoms with Gasteiger partial charge >= 0.3 is 0 Å². The van der Waals surface area contributed by atoms with Crippen LogP contribution < -0.4 is 30.2 Å². The Bertz CT molecular complexity index is 1470. The van der Waals surface area contributed by atoms with E-state index in [-0.39, 0.29) is 34.9 Å². The van der Waals surface area contributed by atoms with Crippen molar-refractivity contribution in [2.75, 3.05) is 32.0 Å². The number of ketones is 1. The summed E-state index contributed by atoms with van der Waals surface area (Å²) in [6.07, 6.45) is 7.12. The van der Waals surface area contributed by atoms with Gasteiger partial charge in [0.1, 0.15) is 11.6 Å². The molecule has 1 amide bonds. The monoisotopic (exact) mass is 610 g/mol. The molecule has 2 aliphatic carbocycles. The molecule has 1 aromatic heterocycles. The molecule has 2 aromatic rings. The highest BCUT2D eigenvalue weighted by Gasteiger charge is 2.42. The third-order valence-electron chi connectivity index (χ3n) is 7.84. The molecule has 1 aliphatic heterocycles. The zero-order valence-corrected chi connectivity index (χ0v) is 25.5. The minimum Gasteiger partial charge on any atom is -0.496 e. The van der Waals surface area contributed by atoms with Crippen molar-refractivity contribution in [1.82, 2.24) is 15.5 Å². The van der Waals surface area contributed by atoms with Crippen molar-refractivity contribution >= 4 is 39.9 Å². The molecule has 0 bridgehead atoms. The van der Waals surface area contributed by atoms with Gasteiger partial charge in [0.15, 0.2) is 21.6 Å². The van der Waals surface area contributed by atoms with Crippen LogP contribution in [0.2, 0.25) is 0 Å². The lowest BCUT2D eigenvalue weighted by molar-refractivity contribution is -0.119. The minimum absolute atomic E-state index is 0.0256. The molecule has 2 heterocycles. The van der Waals surface area contributed by atoms with E-state index in [1.807, 2.05) is 0 Å². The molecule has 1 saturated carbocycles. The number of carbonyl (C=O) groups is 2. The Morgan fingerprint density at radius 2 is 1.81 bits per heavy atom. The van der Waals surface area contributed by atoms with E-state index < -0.39 is 5.92 Å². The molecule has 42 heavy (non-hydrogen) atoms. The third-order valence-corrected chi connectivity index (χ3v) is 9.89. The molecule has 0 spiro atoms. The van der Waals surface area contributed by atoms with Crippen molar-refractivity contribution in [2.24, 2.45) is 5.73 Å². The van der Waals surface area contributed by atoms with E-state index in [2.05, 4.69) is 21.6 Å². The lowest BCUT2D eigenvalue weighted by Crippen LogP contribution is -2.38. The number of carbonyl (C=O) groups excluding carboxylic acids is 2. The van der Waals surface area contributed by atoms with Crippen LogP contribution in [0, 0.1) is 11.3 Å². The number of nitriles is 1. The van der Waals surface area contributed by atoms with Crippen LogP contribution in [0.15, 0.2) is 39.1 Å². The van der Waals surface area contributed by atoms with Gasteiger partial charge in [-0.1, -0.05) is 42.4 Å². The molecule has 1 fully saturated rings. The Kier molecular flexibility index (Phi) is 9.23. The van der Waals surface area contributed by atoms with Gasteiger partial charge in [-0.3, -0.25) is 14.5 Å². The largest absolute Gasteiger partial charge is 0.496 e. The number of nitrogens with two attached hydrogens (primary N) is 1. The van der Waals surface area contributed by atoms with Gasteiger partial charge in [-0.25, -0.2) is 0 Å². The summed E-state index contributed by atoms with van der Waals surface area (Å²) in [7, 11) is 4.57. The van der Waals surface area contributed by atoms with E-state index in [1.165, 1.54) is 50.8 Å². The molecule has 1 unspecified atom stereocenters. The number of benzene rings is 1. The number of Topliss-reactive ketones (excluding diaryl/α,β-unsaturated/α-hetero) is 1. The summed E-state index contributed by atoms with van der Waals surface area (Å²) in [4.78, 5) is 27.8. The Labute approximate surface area is 253 Å². The molecular formula is C29H34N6O5S2. The van der Waals surface area contributed by atoms with E-state index in [9.17, 15) is 14.9 Å². The number of hydrogen-bond donors (Lipinski definition) is 2. The maximum absolute atomic E-state index is 13.5. The van der Waals surface area contributed by atoms with E-state index in [4.69, 9.17) is 19.9 Å². The minimum atomic E-state index is -0.756. The first-order valence-electron chi connectivity index (χ1n) is 13.9. The van der Waals surface area contributed by atoms with Gasteiger partial charge < -0.3 is 25.3 Å². The molecular weight excluding hydrogens is 576 g/mol.